The Balaban J connectivity index is 1.86. The van der Waals surface area contributed by atoms with Crippen LogP contribution in [-0.4, -0.2) is 36.9 Å². The van der Waals surface area contributed by atoms with Crippen molar-refractivity contribution in [3.8, 4) is 0 Å². The fourth-order valence-electron chi connectivity index (χ4n) is 3.61. The van der Waals surface area contributed by atoms with E-state index in [1.54, 1.807) is 30.0 Å². The van der Waals surface area contributed by atoms with Crippen LogP contribution in [0.1, 0.15) is 19.4 Å². The molecule has 1 fully saturated rings. The fourth-order valence-corrected chi connectivity index (χ4v) is 5.14. The smallest absolute Gasteiger partial charge is 0.283 e. The number of alkyl halides is 3. The molecule has 0 bridgehead atoms. The lowest BCUT2D eigenvalue weighted by Crippen LogP contribution is -2.22. The lowest BCUT2D eigenvalue weighted by atomic mass is 10.1. The van der Waals surface area contributed by atoms with E-state index in [0.29, 0.717) is 17.0 Å². The molecule has 0 radical (unpaired) electrons. The van der Waals surface area contributed by atoms with Gasteiger partial charge >= 0.3 is 0 Å². The first-order chi connectivity index (χ1) is 14.0. The summed E-state index contributed by atoms with van der Waals surface area (Å²) in [5.74, 6) is -3.04. The maximum Gasteiger partial charge on any atom is 0.283 e. The van der Waals surface area contributed by atoms with Crippen LogP contribution < -0.4 is 4.90 Å². The van der Waals surface area contributed by atoms with Gasteiger partial charge in [-0.1, -0.05) is 36.7 Å². The highest BCUT2D eigenvalue weighted by Gasteiger charge is 2.34. The average molecular weight is 458 g/mol. The molecule has 2 heterocycles. The molecule has 0 aliphatic carbocycles. The first-order valence-corrected chi connectivity index (χ1v) is 11.1. The number of aromatic nitrogens is 2. The van der Waals surface area contributed by atoms with Gasteiger partial charge in [-0.15, -0.1) is 5.10 Å². The molecule has 0 spiro atoms. The molecule has 2 atom stereocenters. The van der Waals surface area contributed by atoms with E-state index in [9.17, 15) is 21.6 Å². The van der Waals surface area contributed by atoms with E-state index in [-0.39, 0.29) is 34.3 Å². The summed E-state index contributed by atoms with van der Waals surface area (Å²) < 4.78 is 68.4. The molecule has 0 amide bonds. The van der Waals surface area contributed by atoms with Crippen LogP contribution in [0.5, 0.6) is 0 Å². The molecule has 30 heavy (non-hydrogen) atoms. The summed E-state index contributed by atoms with van der Waals surface area (Å²) in [5.41, 5.74) is -0.0621. The second kappa shape index (κ2) is 7.16. The zero-order chi connectivity index (χ0) is 21.8. The van der Waals surface area contributed by atoms with Gasteiger partial charge in [0.2, 0.25) is 0 Å². The van der Waals surface area contributed by atoms with E-state index >= 15 is 0 Å². The van der Waals surface area contributed by atoms with E-state index in [4.69, 9.17) is 11.6 Å². The summed E-state index contributed by atoms with van der Waals surface area (Å²) in [5, 5.41) is 4.97. The number of rotatable bonds is 4. The molecule has 10 heteroatoms. The standard InChI is InChI=1S/C20H19ClF3N3O2S/c1-12-10-26(11-16(12)22)19-18-15(21)4-3-5-17(18)27(25-19)30(28,29)14-8-6-13(7-9-14)20(2,23)24/h3-9,12,16H,10-11H2,1-2H3. The van der Waals surface area contributed by atoms with Crippen LogP contribution in [0.3, 0.4) is 0 Å². The Kier molecular flexibility index (Phi) is 5.01. The van der Waals surface area contributed by atoms with Crippen molar-refractivity contribution in [3.63, 3.8) is 0 Å². The van der Waals surface area contributed by atoms with Crippen LogP contribution in [0.4, 0.5) is 19.0 Å². The van der Waals surface area contributed by atoms with Crippen LogP contribution in [0.2, 0.25) is 5.02 Å². The van der Waals surface area contributed by atoms with Crippen LogP contribution in [0.25, 0.3) is 10.9 Å². The first-order valence-electron chi connectivity index (χ1n) is 9.30. The Bertz CT molecular complexity index is 1200. The maximum absolute atomic E-state index is 14.1. The van der Waals surface area contributed by atoms with Crippen molar-refractivity contribution in [1.82, 2.24) is 9.19 Å². The minimum atomic E-state index is -4.20. The predicted octanol–water partition coefficient (Wildman–Crippen LogP) is 4.83. The third-order valence-corrected chi connectivity index (χ3v) is 7.23. The average Bonchev–Trinajstić information content (AvgIpc) is 3.23. The van der Waals surface area contributed by atoms with Gasteiger partial charge in [-0.2, -0.15) is 12.5 Å². The van der Waals surface area contributed by atoms with Gasteiger partial charge < -0.3 is 4.90 Å². The van der Waals surface area contributed by atoms with Crippen molar-refractivity contribution >= 4 is 38.3 Å². The molecule has 1 aliphatic rings. The molecule has 4 rings (SSSR count). The largest absolute Gasteiger partial charge is 0.351 e. The maximum atomic E-state index is 14.1. The molecule has 2 unspecified atom stereocenters. The Labute approximate surface area is 177 Å². The van der Waals surface area contributed by atoms with Gasteiger partial charge in [0.25, 0.3) is 15.9 Å². The fraction of sp³-hybridized carbons (Fsp3) is 0.350. The Morgan fingerprint density at radius 1 is 1.13 bits per heavy atom. The highest BCUT2D eigenvalue weighted by atomic mass is 35.5. The molecule has 0 saturated carbocycles. The zero-order valence-corrected chi connectivity index (χ0v) is 17.8. The highest BCUT2D eigenvalue weighted by Crippen LogP contribution is 2.37. The summed E-state index contributed by atoms with van der Waals surface area (Å²) >= 11 is 6.34. The third-order valence-electron chi connectivity index (χ3n) is 5.31. The number of halogens is 4. The van der Waals surface area contributed by atoms with Crippen molar-refractivity contribution < 1.29 is 21.6 Å². The van der Waals surface area contributed by atoms with Crippen LogP contribution in [-0.2, 0) is 15.9 Å². The quantitative estimate of drug-likeness (QED) is 0.563. The summed E-state index contributed by atoms with van der Waals surface area (Å²) in [6.07, 6.45) is -1.06. The lowest BCUT2D eigenvalue weighted by molar-refractivity contribution is 0.0174. The molecule has 3 aromatic rings. The lowest BCUT2D eigenvalue weighted by Gasteiger charge is -2.15. The van der Waals surface area contributed by atoms with E-state index in [0.717, 1.165) is 35.3 Å². The van der Waals surface area contributed by atoms with Crippen LogP contribution in [0.15, 0.2) is 47.4 Å². The van der Waals surface area contributed by atoms with E-state index in [1.807, 2.05) is 0 Å². The van der Waals surface area contributed by atoms with Gasteiger partial charge in [0.1, 0.15) is 6.17 Å². The number of fused-ring (bicyclic) bond motifs is 1. The SMILES string of the molecule is CC1CN(c2nn(S(=O)(=O)c3ccc(C(C)(F)F)cc3)c3cccc(Cl)c23)CC1F. The molecule has 1 saturated heterocycles. The second-order valence-corrected chi connectivity index (χ2v) is 9.79. The summed E-state index contributed by atoms with van der Waals surface area (Å²) in [6, 6.07) is 9.13. The van der Waals surface area contributed by atoms with Gasteiger partial charge in [-0.05, 0) is 24.3 Å². The Hall–Kier alpha value is -2.26. The summed E-state index contributed by atoms with van der Waals surface area (Å²) in [6.45, 7) is 2.96. The molecule has 1 aromatic heterocycles. The van der Waals surface area contributed by atoms with Crippen molar-refractivity contribution in [3.05, 3.63) is 53.1 Å². The number of benzene rings is 2. The number of hydrogen-bond acceptors (Lipinski definition) is 4. The molecular formula is C20H19ClF3N3O2S. The second-order valence-electron chi connectivity index (χ2n) is 7.62. The van der Waals surface area contributed by atoms with Crippen molar-refractivity contribution in [2.45, 2.75) is 30.8 Å². The summed E-state index contributed by atoms with van der Waals surface area (Å²) in [4.78, 5) is 1.49. The topological polar surface area (TPSA) is 55.2 Å². The first kappa shape index (κ1) is 21.0. The minimum absolute atomic E-state index is 0.0822. The molecule has 2 aromatic carbocycles. The molecule has 5 nitrogen and oxygen atoms in total. The molecule has 0 N–H and O–H groups in total. The molecule has 160 valence electrons. The monoisotopic (exact) mass is 457 g/mol. The molecule has 1 aliphatic heterocycles. The van der Waals surface area contributed by atoms with E-state index < -0.39 is 22.1 Å². The predicted molar refractivity (Wildman–Crippen MR) is 110 cm³/mol. The van der Waals surface area contributed by atoms with Crippen molar-refractivity contribution in [2.24, 2.45) is 5.92 Å². The van der Waals surface area contributed by atoms with Crippen molar-refractivity contribution in [1.29, 1.82) is 0 Å². The van der Waals surface area contributed by atoms with Crippen LogP contribution in [0, 0.1) is 5.92 Å². The van der Waals surface area contributed by atoms with Gasteiger partial charge in [0, 0.05) is 24.9 Å². The van der Waals surface area contributed by atoms with Gasteiger partial charge in [-0.3, -0.25) is 0 Å². The highest BCUT2D eigenvalue weighted by molar-refractivity contribution is 7.90. The zero-order valence-electron chi connectivity index (χ0n) is 16.2. The van der Waals surface area contributed by atoms with Gasteiger partial charge in [-0.25, -0.2) is 13.2 Å². The molecular weight excluding hydrogens is 439 g/mol. The van der Waals surface area contributed by atoms with E-state index in [2.05, 4.69) is 5.10 Å². The normalized spacial score (nSPS) is 20.3. The number of anilines is 1. The third kappa shape index (κ3) is 3.43. The van der Waals surface area contributed by atoms with Gasteiger partial charge in [0.05, 0.1) is 27.4 Å². The number of hydrogen-bond donors (Lipinski definition) is 0. The van der Waals surface area contributed by atoms with Crippen LogP contribution >= 0.6 is 11.6 Å². The summed E-state index contributed by atoms with van der Waals surface area (Å²) in [7, 11) is -4.20. The van der Waals surface area contributed by atoms with Crippen molar-refractivity contribution in [2.75, 3.05) is 18.0 Å². The Morgan fingerprint density at radius 2 is 1.80 bits per heavy atom. The van der Waals surface area contributed by atoms with E-state index in [1.165, 1.54) is 0 Å². The Morgan fingerprint density at radius 3 is 2.37 bits per heavy atom. The number of nitrogens with zero attached hydrogens (tertiary/aromatic N) is 3. The van der Waals surface area contributed by atoms with Gasteiger partial charge in [0.15, 0.2) is 5.82 Å². The minimum Gasteiger partial charge on any atom is -0.351 e.